The second-order valence-electron chi connectivity index (χ2n) is 2.74. The third-order valence-corrected chi connectivity index (χ3v) is 1.58. The van der Waals surface area contributed by atoms with Gasteiger partial charge in [0.15, 0.2) is 0 Å². The van der Waals surface area contributed by atoms with Gasteiger partial charge < -0.3 is 9.84 Å². The van der Waals surface area contributed by atoms with E-state index in [0.29, 0.717) is 0 Å². The highest BCUT2D eigenvalue weighted by Crippen LogP contribution is 1.90. The zero-order valence-corrected chi connectivity index (χ0v) is 7.71. The first kappa shape index (κ1) is 10.9. The number of methoxy groups -OCH3 is 1. The van der Waals surface area contributed by atoms with Crippen molar-refractivity contribution < 1.29 is 9.84 Å². The van der Waals surface area contributed by atoms with Gasteiger partial charge in [0.05, 0.1) is 12.7 Å². The highest BCUT2D eigenvalue weighted by molar-refractivity contribution is 4.58. The van der Waals surface area contributed by atoms with E-state index >= 15 is 0 Å². The number of aliphatic hydroxyl groups is 1. The van der Waals surface area contributed by atoms with Gasteiger partial charge in [0.25, 0.3) is 0 Å². The van der Waals surface area contributed by atoms with Gasteiger partial charge in [-0.3, -0.25) is 4.90 Å². The quantitative estimate of drug-likeness (QED) is 0.609. The molecule has 0 heterocycles. The number of ether oxygens (including phenoxy) is 1. The Morgan fingerprint density at radius 1 is 1.55 bits per heavy atom. The molecule has 3 heteroatoms. The largest absolute Gasteiger partial charge is 0.392 e. The van der Waals surface area contributed by atoms with Crippen molar-refractivity contribution in [2.24, 2.45) is 0 Å². The predicted octanol–water partition coefficient (Wildman–Crippen LogP) is 0.336. The number of hydrogen-bond donors (Lipinski definition) is 1. The third-order valence-electron chi connectivity index (χ3n) is 1.58. The normalized spacial score (nSPS) is 13.9. The molecule has 0 aliphatic carbocycles. The molecule has 1 N–H and O–H groups in total. The fourth-order valence-corrected chi connectivity index (χ4v) is 0.973. The second-order valence-corrected chi connectivity index (χ2v) is 2.74. The van der Waals surface area contributed by atoms with Gasteiger partial charge in [-0.05, 0) is 13.5 Å². The molecule has 68 valence electrons. The maximum atomic E-state index is 9.07. The highest BCUT2D eigenvalue weighted by atomic mass is 16.5. The lowest BCUT2D eigenvalue weighted by molar-refractivity contribution is 0.101. The Labute approximate surface area is 69.0 Å². The van der Waals surface area contributed by atoms with Gasteiger partial charge in [-0.2, -0.15) is 0 Å². The van der Waals surface area contributed by atoms with E-state index in [1.165, 1.54) is 0 Å². The molecule has 0 rings (SSSR count). The molecule has 0 aliphatic rings. The van der Waals surface area contributed by atoms with Crippen molar-refractivity contribution in [2.45, 2.75) is 20.0 Å². The van der Waals surface area contributed by atoms with Gasteiger partial charge in [0.1, 0.15) is 0 Å². The summed E-state index contributed by atoms with van der Waals surface area (Å²) in [6.07, 6.45) is -0.244. The third kappa shape index (κ3) is 6.28. The molecule has 0 aromatic rings. The van der Waals surface area contributed by atoms with Crippen LogP contribution in [-0.4, -0.2) is 49.5 Å². The van der Waals surface area contributed by atoms with Gasteiger partial charge in [0.2, 0.25) is 0 Å². The highest BCUT2D eigenvalue weighted by Gasteiger charge is 2.04. The minimum absolute atomic E-state index is 0.244. The van der Waals surface area contributed by atoms with E-state index in [4.69, 9.17) is 9.84 Å². The first-order valence-corrected chi connectivity index (χ1v) is 4.10. The number of rotatable bonds is 6. The van der Waals surface area contributed by atoms with Crippen LogP contribution < -0.4 is 0 Å². The SMILES string of the molecule is CCN(CCOC)C[C@H](C)O. The molecule has 3 nitrogen and oxygen atoms in total. The Hall–Kier alpha value is -0.120. The Morgan fingerprint density at radius 2 is 2.18 bits per heavy atom. The fourth-order valence-electron chi connectivity index (χ4n) is 0.973. The molecule has 0 unspecified atom stereocenters. The lowest BCUT2D eigenvalue weighted by Gasteiger charge is -2.20. The lowest BCUT2D eigenvalue weighted by atomic mass is 10.3. The van der Waals surface area contributed by atoms with Crippen LogP contribution in [0, 0.1) is 0 Å². The summed E-state index contributed by atoms with van der Waals surface area (Å²) in [5, 5.41) is 9.07. The topological polar surface area (TPSA) is 32.7 Å². The van der Waals surface area contributed by atoms with E-state index in [2.05, 4.69) is 11.8 Å². The predicted molar refractivity (Wildman–Crippen MR) is 45.7 cm³/mol. The number of aliphatic hydroxyl groups excluding tert-OH is 1. The summed E-state index contributed by atoms with van der Waals surface area (Å²) in [6, 6.07) is 0. The molecular formula is C8H19NO2. The van der Waals surface area contributed by atoms with Gasteiger partial charge in [-0.15, -0.1) is 0 Å². The van der Waals surface area contributed by atoms with Crippen molar-refractivity contribution in [1.82, 2.24) is 4.90 Å². The van der Waals surface area contributed by atoms with Crippen LogP contribution in [0.3, 0.4) is 0 Å². The van der Waals surface area contributed by atoms with Crippen molar-refractivity contribution in [3.8, 4) is 0 Å². The summed E-state index contributed by atoms with van der Waals surface area (Å²) in [5.74, 6) is 0. The van der Waals surface area contributed by atoms with Gasteiger partial charge in [-0.1, -0.05) is 6.92 Å². The van der Waals surface area contributed by atoms with Crippen LogP contribution in [0.1, 0.15) is 13.8 Å². The van der Waals surface area contributed by atoms with Gasteiger partial charge in [0, 0.05) is 20.2 Å². The Bertz CT molecular complexity index is 86.2. The Balaban J connectivity index is 3.41. The molecule has 0 bridgehead atoms. The van der Waals surface area contributed by atoms with Crippen LogP contribution >= 0.6 is 0 Å². The molecule has 0 radical (unpaired) electrons. The van der Waals surface area contributed by atoms with E-state index in [1.807, 2.05) is 0 Å². The zero-order chi connectivity index (χ0) is 8.69. The summed E-state index contributed by atoms with van der Waals surface area (Å²) in [4.78, 5) is 2.16. The van der Waals surface area contributed by atoms with E-state index in [0.717, 1.165) is 26.2 Å². The average molecular weight is 161 g/mol. The van der Waals surface area contributed by atoms with Crippen molar-refractivity contribution in [2.75, 3.05) is 33.4 Å². The molecule has 0 aromatic carbocycles. The van der Waals surface area contributed by atoms with Crippen LogP contribution in [0.15, 0.2) is 0 Å². The molecule has 0 saturated carbocycles. The molecule has 0 aromatic heterocycles. The average Bonchev–Trinajstić information content (AvgIpc) is 1.97. The summed E-state index contributed by atoms with van der Waals surface area (Å²) in [5.41, 5.74) is 0. The van der Waals surface area contributed by atoms with Crippen molar-refractivity contribution in [1.29, 1.82) is 0 Å². The van der Waals surface area contributed by atoms with Crippen LogP contribution in [0.25, 0.3) is 0 Å². The minimum atomic E-state index is -0.244. The van der Waals surface area contributed by atoms with E-state index in [9.17, 15) is 0 Å². The standard InChI is InChI=1S/C8H19NO2/c1-4-9(5-6-11-3)7-8(2)10/h8,10H,4-7H2,1-3H3/t8-/m0/s1. The summed E-state index contributed by atoms with van der Waals surface area (Å²) in [6.45, 7) is 7.22. The van der Waals surface area contributed by atoms with E-state index in [-0.39, 0.29) is 6.10 Å². The maximum Gasteiger partial charge on any atom is 0.0639 e. The molecule has 0 spiro atoms. The number of hydrogen-bond acceptors (Lipinski definition) is 3. The number of nitrogens with zero attached hydrogens (tertiary/aromatic N) is 1. The number of likely N-dealkylation sites (N-methyl/N-ethyl adjacent to an activating group) is 1. The molecule has 0 amide bonds. The van der Waals surface area contributed by atoms with Crippen LogP contribution in [-0.2, 0) is 4.74 Å². The second kappa shape index (κ2) is 6.58. The summed E-state index contributed by atoms with van der Waals surface area (Å²) < 4.78 is 4.93. The minimum Gasteiger partial charge on any atom is -0.392 e. The van der Waals surface area contributed by atoms with E-state index in [1.54, 1.807) is 14.0 Å². The van der Waals surface area contributed by atoms with Crippen LogP contribution in [0.4, 0.5) is 0 Å². The van der Waals surface area contributed by atoms with Gasteiger partial charge >= 0.3 is 0 Å². The van der Waals surface area contributed by atoms with E-state index < -0.39 is 0 Å². The molecule has 0 aliphatic heterocycles. The Morgan fingerprint density at radius 3 is 2.55 bits per heavy atom. The lowest BCUT2D eigenvalue weighted by Crippen LogP contribution is -2.33. The molecule has 1 atom stereocenters. The van der Waals surface area contributed by atoms with Crippen molar-refractivity contribution in [3.05, 3.63) is 0 Å². The smallest absolute Gasteiger partial charge is 0.0639 e. The first-order valence-electron chi connectivity index (χ1n) is 4.10. The van der Waals surface area contributed by atoms with Crippen molar-refractivity contribution >= 4 is 0 Å². The van der Waals surface area contributed by atoms with Crippen LogP contribution in [0.5, 0.6) is 0 Å². The monoisotopic (exact) mass is 161 g/mol. The molecule has 0 fully saturated rings. The summed E-state index contributed by atoms with van der Waals surface area (Å²) in [7, 11) is 1.69. The molecular weight excluding hydrogens is 142 g/mol. The first-order chi connectivity index (χ1) is 5.20. The van der Waals surface area contributed by atoms with Crippen molar-refractivity contribution in [3.63, 3.8) is 0 Å². The Kier molecular flexibility index (Phi) is 6.51. The van der Waals surface area contributed by atoms with Crippen LogP contribution in [0.2, 0.25) is 0 Å². The molecule has 0 saturated heterocycles. The molecule has 11 heavy (non-hydrogen) atoms. The maximum absolute atomic E-state index is 9.07. The zero-order valence-electron chi connectivity index (χ0n) is 7.71. The fraction of sp³-hybridized carbons (Fsp3) is 1.00. The summed E-state index contributed by atoms with van der Waals surface area (Å²) >= 11 is 0. The van der Waals surface area contributed by atoms with Gasteiger partial charge in [-0.25, -0.2) is 0 Å².